The van der Waals surface area contributed by atoms with Crippen LogP contribution in [-0.4, -0.2) is 22.0 Å². The number of allylic oxidation sites excluding steroid dienone is 1. The Morgan fingerprint density at radius 3 is 2.80 bits per heavy atom. The number of hydrogen-bond donors (Lipinski definition) is 1. The van der Waals surface area contributed by atoms with E-state index in [0.717, 1.165) is 34.6 Å². The van der Waals surface area contributed by atoms with E-state index in [1.54, 1.807) is 23.9 Å². The smallest absolute Gasteiger partial charge is 0.251 e. The standard InChI is InChI=1S/C24H26FN3OS/c1-28-22-15-19(23(29)26-14-13-17-5-3-2-4-6-17)9-12-21(22)27-24(28)30-16-18-7-10-20(25)11-8-18/h5,7-12,15H,2-4,6,13-14,16H2,1H3,(H,26,29). The summed E-state index contributed by atoms with van der Waals surface area (Å²) >= 11 is 1.60. The van der Waals surface area contributed by atoms with Gasteiger partial charge in [-0.3, -0.25) is 4.79 Å². The van der Waals surface area contributed by atoms with Crippen molar-refractivity contribution < 1.29 is 9.18 Å². The molecule has 0 saturated heterocycles. The second-order valence-electron chi connectivity index (χ2n) is 7.69. The van der Waals surface area contributed by atoms with Gasteiger partial charge in [0.1, 0.15) is 5.82 Å². The van der Waals surface area contributed by atoms with Crippen molar-refractivity contribution in [3.8, 4) is 0 Å². The van der Waals surface area contributed by atoms with Crippen LogP contribution < -0.4 is 5.32 Å². The number of fused-ring (bicyclic) bond motifs is 1. The van der Waals surface area contributed by atoms with E-state index < -0.39 is 0 Å². The fraction of sp³-hybridized carbons (Fsp3) is 0.333. The van der Waals surface area contributed by atoms with E-state index >= 15 is 0 Å². The zero-order valence-corrected chi connectivity index (χ0v) is 18.0. The van der Waals surface area contributed by atoms with Crippen LogP contribution in [0, 0.1) is 5.82 Å². The summed E-state index contributed by atoms with van der Waals surface area (Å²) in [6.07, 6.45) is 8.13. The van der Waals surface area contributed by atoms with Gasteiger partial charge < -0.3 is 9.88 Å². The average Bonchev–Trinajstić information content (AvgIpc) is 3.09. The van der Waals surface area contributed by atoms with Gasteiger partial charge in [-0.1, -0.05) is 35.5 Å². The number of carbonyl (C=O) groups excluding carboxylic acids is 1. The van der Waals surface area contributed by atoms with E-state index in [9.17, 15) is 9.18 Å². The molecule has 1 aliphatic carbocycles. The second kappa shape index (κ2) is 9.47. The van der Waals surface area contributed by atoms with Crippen LogP contribution >= 0.6 is 11.8 Å². The number of benzene rings is 2. The number of carbonyl (C=O) groups is 1. The van der Waals surface area contributed by atoms with E-state index in [-0.39, 0.29) is 11.7 Å². The van der Waals surface area contributed by atoms with Crippen LogP contribution in [-0.2, 0) is 12.8 Å². The lowest BCUT2D eigenvalue weighted by molar-refractivity contribution is 0.0954. The molecule has 156 valence electrons. The number of imidazole rings is 1. The highest BCUT2D eigenvalue weighted by Gasteiger charge is 2.13. The number of hydrogen-bond acceptors (Lipinski definition) is 3. The van der Waals surface area contributed by atoms with E-state index in [1.165, 1.54) is 37.0 Å². The first-order valence-corrected chi connectivity index (χ1v) is 11.4. The molecule has 0 unspecified atom stereocenters. The summed E-state index contributed by atoms with van der Waals surface area (Å²) in [7, 11) is 1.96. The molecular formula is C24H26FN3OS. The van der Waals surface area contributed by atoms with E-state index in [1.807, 2.05) is 29.8 Å². The number of thioether (sulfide) groups is 1. The number of halogens is 1. The first kappa shape index (κ1) is 20.7. The van der Waals surface area contributed by atoms with Crippen molar-refractivity contribution in [2.75, 3.05) is 6.54 Å². The molecule has 0 atom stereocenters. The van der Waals surface area contributed by atoms with E-state index in [4.69, 9.17) is 0 Å². The summed E-state index contributed by atoms with van der Waals surface area (Å²) in [5.41, 5.74) is 4.95. The predicted molar refractivity (Wildman–Crippen MR) is 120 cm³/mol. The minimum absolute atomic E-state index is 0.0463. The highest BCUT2D eigenvalue weighted by atomic mass is 32.2. The number of nitrogens with one attached hydrogen (secondary N) is 1. The zero-order valence-electron chi connectivity index (χ0n) is 17.2. The van der Waals surface area contributed by atoms with Crippen molar-refractivity contribution in [3.63, 3.8) is 0 Å². The lowest BCUT2D eigenvalue weighted by Gasteiger charge is -2.13. The first-order chi connectivity index (χ1) is 14.6. The molecule has 0 bridgehead atoms. The Morgan fingerprint density at radius 2 is 2.03 bits per heavy atom. The highest BCUT2D eigenvalue weighted by molar-refractivity contribution is 7.98. The van der Waals surface area contributed by atoms with Crippen LogP contribution in [0.15, 0.2) is 59.3 Å². The summed E-state index contributed by atoms with van der Waals surface area (Å²) in [4.78, 5) is 17.3. The maximum Gasteiger partial charge on any atom is 0.251 e. The van der Waals surface area contributed by atoms with Gasteiger partial charge in [0.2, 0.25) is 0 Å². The van der Waals surface area contributed by atoms with Crippen LogP contribution in [0.25, 0.3) is 11.0 Å². The van der Waals surface area contributed by atoms with Gasteiger partial charge in [-0.25, -0.2) is 9.37 Å². The molecule has 6 heteroatoms. The third-order valence-electron chi connectivity index (χ3n) is 5.50. The first-order valence-electron chi connectivity index (χ1n) is 10.4. The Bertz CT molecular complexity index is 1070. The van der Waals surface area contributed by atoms with Crippen LogP contribution in [0.4, 0.5) is 4.39 Å². The van der Waals surface area contributed by atoms with Gasteiger partial charge in [-0.05, 0) is 68.0 Å². The molecule has 1 heterocycles. The maximum absolute atomic E-state index is 13.1. The lowest BCUT2D eigenvalue weighted by Crippen LogP contribution is -2.24. The van der Waals surface area contributed by atoms with Gasteiger partial charge in [-0.15, -0.1) is 0 Å². The van der Waals surface area contributed by atoms with Crippen molar-refractivity contribution in [2.45, 2.75) is 43.0 Å². The Labute approximate surface area is 180 Å². The second-order valence-corrected chi connectivity index (χ2v) is 8.63. The van der Waals surface area contributed by atoms with Crippen molar-refractivity contribution >= 4 is 28.7 Å². The number of amides is 1. The normalized spacial score (nSPS) is 14.0. The molecule has 0 fully saturated rings. The van der Waals surface area contributed by atoms with Gasteiger partial charge >= 0.3 is 0 Å². The van der Waals surface area contributed by atoms with Crippen molar-refractivity contribution in [2.24, 2.45) is 7.05 Å². The summed E-state index contributed by atoms with van der Waals surface area (Å²) in [6.45, 7) is 0.673. The highest BCUT2D eigenvalue weighted by Crippen LogP contribution is 2.26. The minimum Gasteiger partial charge on any atom is -0.352 e. The van der Waals surface area contributed by atoms with Gasteiger partial charge in [0.05, 0.1) is 11.0 Å². The topological polar surface area (TPSA) is 46.9 Å². The third kappa shape index (κ3) is 4.93. The molecule has 2 aromatic carbocycles. The Hall–Kier alpha value is -2.60. The summed E-state index contributed by atoms with van der Waals surface area (Å²) in [5.74, 6) is 0.434. The van der Waals surface area contributed by atoms with Crippen molar-refractivity contribution in [3.05, 3.63) is 71.1 Å². The molecule has 0 radical (unpaired) electrons. The van der Waals surface area contributed by atoms with E-state index in [0.29, 0.717) is 17.9 Å². The number of aromatic nitrogens is 2. The monoisotopic (exact) mass is 423 g/mol. The molecular weight excluding hydrogens is 397 g/mol. The molecule has 4 nitrogen and oxygen atoms in total. The Balaban J connectivity index is 1.40. The molecule has 30 heavy (non-hydrogen) atoms. The molecule has 0 spiro atoms. The van der Waals surface area contributed by atoms with Crippen molar-refractivity contribution in [1.82, 2.24) is 14.9 Å². The minimum atomic E-state index is -0.229. The largest absolute Gasteiger partial charge is 0.352 e. The SMILES string of the molecule is Cn1c(SCc2ccc(F)cc2)nc2ccc(C(=O)NCCC3=CCCCC3)cc21. The molecule has 3 aromatic rings. The van der Waals surface area contributed by atoms with Crippen molar-refractivity contribution in [1.29, 1.82) is 0 Å². The summed E-state index contributed by atoms with van der Waals surface area (Å²) in [6, 6.07) is 12.2. The van der Waals surface area contributed by atoms with Gasteiger partial charge in [0, 0.05) is 24.9 Å². The molecule has 1 aliphatic rings. The van der Waals surface area contributed by atoms with Gasteiger partial charge in [0.25, 0.3) is 5.91 Å². The molecule has 1 N–H and O–H groups in total. The van der Waals surface area contributed by atoms with Crippen LogP contribution in [0.3, 0.4) is 0 Å². The quantitative estimate of drug-likeness (QED) is 0.396. The maximum atomic E-state index is 13.1. The fourth-order valence-electron chi connectivity index (χ4n) is 3.74. The van der Waals surface area contributed by atoms with Gasteiger partial charge in [0.15, 0.2) is 5.16 Å². The summed E-state index contributed by atoms with van der Waals surface area (Å²) < 4.78 is 15.1. The fourth-order valence-corrected chi connectivity index (χ4v) is 4.68. The molecule has 1 aromatic heterocycles. The van der Waals surface area contributed by atoms with Crippen LogP contribution in [0.2, 0.25) is 0 Å². The van der Waals surface area contributed by atoms with Crippen LogP contribution in [0.5, 0.6) is 0 Å². The summed E-state index contributed by atoms with van der Waals surface area (Å²) in [5, 5.41) is 3.91. The molecule has 1 amide bonds. The van der Waals surface area contributed by atoms with Gasteiger partial charge in [-0.2, -0.15) is 0 Å². The number of rotatable bonds is 7. The average molecular weight is 424 g/mol. The Kier molecular flexibility index (Phi) is 6.53. The molecule has 4 rings (SSSR count). The molecule has 0 saturated carbocycles. The lowest BCUT2D eigenvalue weighted by atomic mass is 9.97. The number of nitrogens with zero attached hydrogens (tertiary/aromatic N) is 2. The molecule has 0 aliphatic heterocycles. The Morgan fingerprint density at radius 1 is 1.20 bits per heavy atom. The van der Waals surface area contributed by atoms with Crippen LogP contribution in [0.1, 0.15) is 48.0 Å². The predicted octanol–water partition coefficient (Wildman–Crippen LogP) is 5.63. The third-order valence-corrected chi connectivity index (χ3v) is 6.60. The van der Waals surface area contributed by atoms with E-state index in [2.05, 4.69) is 16.4 Å². The number of aryl methyl sites for hydroxylation is 1. The zero-order chi connectivity index (χ0) is 20.9.